The van der Waals surface area contributed by atoms with Crippen molar-refractivity contribution in [3.05, 3.63) is 93.3 Å². The Hall–Kier alpha value is -3.72. The van der Waals surface area contributed by atoms with Crippen molar-refractivity contribution in [3.8, 4) is 11.5 Å². The fourth-order valence-electron chi connectivity index (χ4n) is 4.98. The average Bonchev–Trinajstić information content (AvgIpc) is 2.99. The minimum atomic E-state index is -3.68. The molecule has 0 bridgehead atoms. The normalized spacial score (nSPS) is 12.8. The number of carbonyl (C=O) groups excluding carboxylic acids is 2. The van der Waals surface area contributed by atoms with Gasteiger partial charge in [-0.1, -0.05) is 24.3 Å². The van der Waals surface area contributed by atoms with Gasteiger partial charge >= 0.3 is 11.9 Å². The molecule has 9 nitrogen and oxygen atoms in total. The van der Waals surface area contributed by atoms with Gasteiger partial charge < -0.3 is 19.3 Å². The number of hydrogen-bond donors (Lipinski definition) is 3. The van der Waals surface area contributed by atoms with Crippen LogP contribution in [0, 0.1) is 26.6 Å². The number of ether oxygens (including phenoxy) is 3. The van der Waals surface area contributed by atoms with Gasteiger partial charge in [-0.25, -0.2) is 14.6 Å². The molecule has 0 aromatic heterocycles. The Kier molecular flexibility index (Phi) is 12.7. The number of benzene rings is 3. The van der Waals surface area contributed by atoms with Crippen LogP contribution in [0.3, 0.4) is 0 Å². The van der Waals surface area contributed by atoms with Gasteiger partial charge in [0.1, 0.15) is 29.4 Å². The van der Waals surface area contributed by atoms with E-state index in [9.17, 15) is 23.7 Å². The first kappa shape index (κ1) is 35.8. The lowest BCUT2D eigenvalue weighted by molar-refractivity contribution is -0.145. The second-order valence-electron chi connectivity index (χ2n) is 11.1. The fraction of sp³-hybridized carbons (Fsp3) is 0.412. The van der Waals surface area contributed by atoms with E-state index in [1.54, 1.807) is 32.0 Å². The molecule has 3 N–H and O–H groups in total. The van der Waals surface area contributed by atoms with Crippen LogP contribution in [0.2, 0.25) is 0 Å². The summed E-state index contributed by atoms with van der Waals surface area (Å²) in [5, 5.41) is 16.1. The quantitative estimate of drug-likeness (QED) is 0.130. The number of carbonyl (C=O) groups is 2. The first-order valence-electron chi connectivity index (χ1n) is 15.0. The second kappa shape index (κ2) is 16.0. The van der Waals surface area contributed by atoms with Crippen LogP contribution < -0.4 is 14.9 Å². The lowest BCUT2D eigenvalue weighted by atomic mass is 9.91. The van der Waals surface area contributed by atoms with Crippen molar-refractivity contribution in [1.82, 2.24) is 10.2 Å². The number of nitrogens with one attached hydrogen (secondary N) is 2. The maximum atomic E-state index is 14.0. The summed E-state index contributed by atoms with van der Waals surface area (Å²) in [5.41, 5.74) is 6.53. The zero-order valence-corrected chi connectivity index (χ0v) is 27.9. The van der Waals surface area contributed by atoms with E-state index >= 15 is 0 Å². The molecule has 0 spiro atoms. The highest BCUT2D eigenvalue weighted by Gasteiger charge is 2.33. The molecule has 0 heterocycles. The van der Waals surface area contributed by atoms with E-state index in [-0.39, 0.29) is 31.1 Å². The van der Waals surface area contributed by atoms with Gasteiger partial charge in [0.25, 0.3) is 0 Å². The number of aromatic hydroxyl groups is 1. The highest BCUT2D eigenvalue weighted by atomic mass is 31.2. The van der Waals surface area contributed by atoms with E-state index in [4.69, 9.17) is 14.2 Å². The third kappa shape index (κ3) is 9.88. The van der Waals surface area contributed by atoms with E-state index < -0.39 is 31.5 Å². The van der Waals surface area contributed by atoms with Gasteiger partial charge in [-0.2, -0.15) is 0 Å². The molecule has 0 radical (unpaired) electrons. The number of aryl methyl sites for hydroxylation is 1. The van der Waals surface area contributed by atoms with Crippen LogP contribution in [0.5, 0.6) is 11.5 Å². The third-order valence-electron chi connectivity index (χ3n) is 7.53. The van der Waals surface area contributed by atoms with E-state index in [0.717, 1.165) is 38.9 Å². The highest BCUT2D eigenvalue weighted by Crippen LogP contribution is 2.40. The van der Waals surface area contributed by atoms with Gasteiger partial charge in [0.05, 0.1) is 13.2 Å². The minimum absolute atomic E-state index is 0.169. The second-order valence-corrected chi connectivity index (χ2v) is 13.3. The maximum absolute atomic E-state index is 14.0. The van der Waals surface area contributed by atoms with E-state index in [1.165, 1.54) is 26.0 Å². The SMILES string of the molecule is CCOC(=O)[C@H](C)NP(=O)(COc1cc(C)c(Cc2ccc(O)c(Cc3ccc(F)cc3)c2)c(C)c1C)N[C@@H](C)C(=O)OCC. The first-order valence-corrected chi connectivity index (χ1v) is 16.9. The van der Waals surface area contributed by atoms with Crippen molar-refractivity contribution in [2.45, 2.75) is 73.4 Å². The smallest absolute Gasteiger partial charge is 0.323 e. The predicted octanol–water partition coefficient (Wildman–Crippen LogP) is 6.25. The number of hydrogen-bond acceptors (Lipinski definition) is 7. The third-order valence-corrected chi connectivity index (χ3v) is 9.63. The van der Waals surface area contributed by atoms with Crippen molar-refractivity contribution < 1.29 is 37.9 Å². The molecule has 244 valence electrons. The molecule has 0 unspecified atom stereocenters. The summed E-state index contributed by atoms with van der Waals surface area (Å²) >= 11 is 0. The molecular formula is C34H44FN2O7P. The number of phenols is 1. The van der Waals surface area contributed by atoms with Crippen LogP contribution in [0.4, 0.5) is 4.39 Å². The molecule has 0 aliphatic carbocycles. The van der Waals surface area contributed by atoms with Crippen LogP contribution in [-0.2, 0) is 36.5 Å². The Labute approximate surface area is 265 Å². The van der Waals surface area contributed by atoms with Crippen LogP contribution >= 0.6 is 7.44 Å². The van der Waals surface area contributed by atoms with Gasteiger partial charge in [0, 0.05) is 6.42 Å². The zero-order chi connectivity index (χ0) is 33.3. The Bertz CT molecular complexity index is 1510. The highest BCUT2D eigenvalue weighted by molar-refractivity contribution is 7.59. The molecule has 0 fully saturated rings. The van der Waals surface area contributed by atoms with Crippen LogP contribution in [0.1, 0.15) is 66.6 Å². The van der Waals surface area contributed by atoms with Gasteiger partial charge in [0.2, 0.25) is 7.44 Å². The summed E-state index contributed by atoms with van der Waals surface area (Å²) in [7, 11) is -3.68. The largest absolute Gasteiger partial charge is 0.508 e. The Morgan fingerprint density at radius 2 is 1.40 bits per heavy atom. The van der Waals surface area contributed by atoms with Crippen molar-refractivity contribution in [2.75, 3.05) is 19.6 Å². The molecule has 0 aliphatic heterocycles. The summed E-state index contributed by atoms with van der Waals surface area (Å²) < 4.78 is 43.6. The van der Waals surface area contributed by atoms with E-state index in [2.05, 4.69) is 10.2 Å². The molecule has 3 aromatic carbocycles. The van der Waals surface area contributed by atoms with Crippen molar-refractivity contribution in [2.24, 2.45) is 0 Å². The van der Waals surface area contributed by atoms with Gasteiger partial charge in [-0.05, 0) is 118 Å². The standard InChI is InChI=1S/C34H44FN2O7P/c1-8-42-33(39)24(6)36-45(41,37-25(7)34(40)43-9-2)20-44-32-16-21(3)30(22(4)23(32)5)19-27-12-15-31(38)28(18-27)17-26-10-13-29(35)14-11-26/h10-16,18,24-25,38H,8-9,17,19-20H2,1-7H3,(H2,36,37,41)/t24-,25-/m0/s1. The molecule has 0 saturated carbocycles. The molecule has 2 atom stereocenters. The summed E-state index contributed by atoms with van der Waals surface area (Å²) in [6.07, 6.45) is 0.727. The van der Waals surface area contributed by atoms with Crippen molar-refractivity contribution in [1.29, 1.82) is 0 Å². The average molecular weight is 643 g/mol. The number of rotatable bonds is 15. The topological polar surface area (TPSA) is 123 Å². The molecule has 3 rings (SSSR count). The van der Waals surface area contributed by atoms with Crippen LogP contribution in [0.15, 0.2) is 48.5 Å². The first-order chi connectivity index (χ1) is 21.3. The monoisotopic (exact) mass is 642 g/mol. The Balaban J connectivity index is 1.83. The van der Waals surface area contributed by atoms with Crippen molar-refractivity contribution >= 4 is 19.4 Å². The van der Waals surface area contributed by atoms with Gasteiger partial charge in [-0.15, -0.1) is 0 Å². The molecule has 11 heteroatoms. The van der Waals surface area contributed by atoms with E-state index in [0.29, 0.717) is 18.6 Å². The van der Waals surface area contributed by atoms with Gasteiger partial charge in [-0.3, -0.25) is 14.2 Å². The van der Waals surface area contributed by atoms with Crippen molar-refractivity contribution in [3.63, 3.8) is 0 Å². The lowest BCUT2D eigenvalue weighted by Gasteiger charge is -2.27. The van der Waals surface area contributed by atoms with Gasteiger partial charge in [0.15, 0.2) is 6.35 Å². The Morgan fingerprint density at radius 3 is 1.96 bits per heavy atom. The summed E-state index contributed by atoms with van der Waals surface area (Å²) in [6, 6.07) is 11.8. The fourth-order valence-corrected chi connectivity index (χ4v) is 6.98. The zero-order valence-electron chi connectivity index (χ0n) is 27.0. The predicted molar refractivity (Wildman–Crippen MR) is 172 cm³/mol. The Morgan fingerprint density at radius 1 is 0.844 bits per heavy atom. The molecule has 45 heavy (non-hydrogen) atoms. The maximum Gasteiger partial charge on any atom is 0.323 e. The van der Waals surface area contributed by atoms with Crippen LogP contribution in [-0.4, -0.2) is 48.7 Å². The summed E-state index contributed by atoms with van der Waals surface area (Å²) in [4.78, 5) is 24.6. The molecule has 3 aromatic rings. The number of phenolic OH excluding ortho intramolecular Hbond substituents is 1. The summed E-state index contributed by atoms with van der Waals surface area (Å²) in [6.45, 7) is 12.6. The number of halogens is 1. The molecule has 0 saturated heterocycles. The number of esters is 2. The lowest BCUT2D eigenvalue weighted by Crippen LogP contribution is -2.43. The molecule has 0 amide bonds. The molecular weight excluding hydrogens is 598 g/mol. The minimum Gasteiger partial charge on any atom is -0.508 e. The summed E-state index contributed by atoms with van der Waals surface area (Å²) in [5.74, 6) is -0.764. The van der Waals surface area contributed by atoms with E-state index in [1.807, 2.05) is 39.0 Å². The molecule has 0 aliphatic rings. The van der Waals surface area contributed by atoms with Crippen LogP contribution in [0.25, 0.3) is 0 Å².